The molecule has 21 heavy (non-hydrogen) atoms. The smallest absolute Gasteiger partial charge is 0.200 e. The lowest BCUT2D eigenvalue weighted by Gasteiger charge is -2.10. The van der Waals surface area contributed by atoms with Gasteiger partial charge in [0.1, 0.15) is 5.75 Å². The van der Waals surface area contributed by atoms with Crippen molar-refractivity contribution in [3.8, 4) is 5.75 Å². The van der Waals surface area contributed by atoms with Gasteiger partial charge in [0.05, 0.1) is 8.95 Å². The number of hydrogen-bond donors (Lipinski definition) is 0. The van der Waals surface area contributed by atoms with Gasteiger partial charge in [-0.2, -0.15) is 0 Å². The van der Waals surface area contributed by atoms with E-state index >= 15 is 0 Å². The average Bonchev–Trinajstić information content (AvgIpc) is 2.46. The molecule has 0 fully saturated rings. The molecule has 0 N–H and O–H groups in total. The number of carbonyl (C=O) groups is 1. The van der Waals surface area contributed by atoms with Crippen molar-refractivity contribution in [1.82, 2.24) is 0 Å². The second kappa shape index (κ2) is 7.23. The van der Waals surface area contributed by atoms with Crippen molar-refractivity contribution in [3.63, 3.8) is 0 Å². The number of halogens is 2. The minimum absolute atomic E-state index is 0.0161. The van der Waals surface area contributed by atoms with E-state index in [-0.39, 0.29) is 12.4 Å². The van der Waals surface area contributed by atoms with E-state index in [2.05, 4.69) is 45.7 Å². The molecule has 0 bridgehead atoms. The fourth-order valence-electron chi connectivity index (χ4n) is 1.90. The van der Waals surface area contributed by atoms with Crippen LogP contribution in [0.3, 0.4) is 0 Å². The van der Waals surface area contributed by atoms with Gasteiger partial charge in [-0.15, -0.1) is 0 Å². The first kappa shape index (κ1) is 16.2. The van der Waals surface area contributed by atoms with Crippen molar-refractivity contribution in [2.45, 2.75) is 19.8 Å². The molecule has 2 aromatic carbocycles. The van der Waals surface area contributed by atoms with Gasteiger partial charge in [-0.3, -0.25) is 4.79 Å². The van der Waals surface area contributed by atoms with Crippen LogP contribution in [0.2, 0.25) is 0 Å². The Morgan fingerprint density at radius 2 is 1.62 bits per heavy atom. The number of hydrogen-bond acceptors (Lipinski definition) is 2. The third kappa shape index (κ3) is 4.17. The number of rotatable bonds is 5. The zero-order valence-corrected chi connectivity index (χ0v) is 15.1. The first-order valence-corrected chi connectivity index (χ1v) is 8.27. The topological polar surface area (TPSA) is 26.3 Å². The molecule has 2 nitrogen and oxygen atoms in total. The van der Waals surface area contributed by atoms with Crippen LogP contribution in [0.1, 0.15) is 35.7 Å². The molecule has 2 aromatic rings. The summed E-state index contributed by atoms with van der Waals surface area (Å²) in [6.45, 7) is 4.27. The van der Waals surface area contributed by atoms with Gasteiger partial charge < -0.3 is 4.74 Å². The van der Waals surface area contributed by atoms with E-state index in [9.17, 15) is 4.79 Å². The number of ether oxygens (including phenoxy) is 1. The predicted molar refractivity (Wildman–Crippen MR) is 92.2 cm³/mol. The zero-order valence-electron chi connectivity index (χ0n) is 11.9. The molecule has 0 amide bonds. The quantitative estimate of drug-likeness (QED) is 0.598. The number of benzene rings is 2. The highest BCUT2D eigenvalue weighted by Crippen LogP contribution is 2.33. The van der Waals surface area contributed by atoms with E-state index in [4.69, 9.17) is 4.74 Å². The van der Waals surface area contributed by atoms with Gasteiger partial charge in [-0.1, -0.05) is 44.2 Å². The van der Waals surface area contributed by atoms with Crippen LogP contribution in [0.15, 0.2) is 51.4 Å². The molecule has 0 saturated heterocycles. The Bertz CT molecular complexity index is 613. The SMILES string of the molecule is CC(C)c1ccc(C(=O)COc2c(Br)cccc2Br)cc1. The van der Waals surface area contributed by atoms with Crippen LogP contribution in [0.5, 0.6) is 5.75 Å². The monoisotopic (exact) mass is 410 g/mol. The maximum atomic E-state index is 12.2. The molecule has 0 atom stereocenters. The van der Waals surface area contributed by atoms with Gasteiger partial charge >= 0.3 is 0 Å². The Balaban J connectivity index is 2.05. The van der Waals surface area contributed by atoms with Gasteiger partial charge in [-0.25, -0.2) is 0 Å². The summed E-state index contributed by atoms with van der Waals surface area (Å²) in [6, 6.07) is 13.3. The van der Waals surface area contributed by atoms with Crippen molar-refractivity contribution in [2.75, 3.05) is 6.61 Å². The lowest BCUT2D eigenvalue weighted by molar-refractivity contribution is 0.0920. The molecular formula is C17H16Br2O2. The lowest BCUT2D eigenvalue weighted by Crippen LogP contribution is -2.12. The number of ketones is 1. The number of Topliss-reactive ketones (excluding diaryl/α,β-unsaturated/α-hetero) is 1. The maximum absolute atomic E-state index is 12.2. The van der Waals surface area contributed by atoms with Crippen LogP contribution in [0, 0.1) is 0 Å². The van der Waals surface area contributed by atoms with E-state index in [1.807, 2.05) is 42.5 Å². The summed E-state index contributed by atoms with van der Waals surface area (Å²) in [6.07, 6.45) is 0. The summed E-state index contributed by atoms with van der Waals surface area (Å²) in [7, 11) is 0. The molecule has 0 radical (unpaired) electrons. The largest absolute Gasteiger partial charge is 0.483 e. The molecule has 0 aliphatic heterocycles. The summed E-state index contributed by atoms with van der Waals surface area (Å²) in [5.74, 6) is 1.07. The Morgan fingerprint density at radius 1 is 1.05 bits per heavy atom. The van der Waals surface area contributed by atoms with E-state index < -0.39 is 0 Å². The molecule has 0 unspecified atom stereocenters. The van der Waals surface area contributed by atoms with Crippen LogP contribution in [-0.2, 0) is 0 Å². The molecule has 2 rings (SSSR count). The maximum Gasteiger partial charge on any atom is 0.200 e. The summed E-state index contributed by atoms with van der Waals surface area (Å²) in [5.41, 5.74) is 1.89. The first-order chi connectivity index (χ1) is 9.99. The molecule has 0 aliphatic rings. The van der Waals surface area contributed by atoms with Crippen molar-refractivity contribution in [2.24, 2.45) is 0 Å². The number of para-hydroxylation sites is 1. The van der Waals surface area contributed by atoms with Crippen LogP contribution >= 0.6 is 31.9 Å². The van der Waals surface area contributed by atoms with Gasteiger partial charge in [0.15, 0.2) is 12.4 Å². The molecular weight excluding hydrogens is 396 g/mol. The normalized spacial score (nSPS) is 10.7. The molecule has 0 saturated carbocycles. The minimum Gasteiger partial charge on any atom is -0.483 e. The highest BCUT2D eigenvalue weighted by molar-refractivity contribution is 9.11. The third-order valence-electron chi connectivity index (χ3n) is 3.17. The minimum atomic E-state index is -0.0343. The summed E-state index contributed by atoms with van der Waals surface area (Å²) >= 11 is 6.83. The van der Waals surface area contributed by atoms with Crippen molar-refractivity contribution < 1.29 is 9.53 Å². The molecule has 0 aromatic heterocycles. The third-order valence-corrected chi connectivity index (χ3v) is 4.41. The van der Waals surface area contributed by atoms with E-state index in [1.54, 1.807) is 0 Å². The second-order valence-electron chi connectivity index (χ2n) is 5.04. The van der Waals surface area contributed by atoms with E-state index in [0.717, 1.165) is 8.95 Å². The Morgan fingerprint density at radius 3 is 2.14 bits per heavy atom. The molecule has 110 valence electrons. The fraction of sp³-hybridized carbons (Fsp3) is 0.235. The first-order valence-electron chi connectivity index (χ1n) is 6.69. The fourth-order valence-corrected chi connectivity index (χ4v) is 3.12. The van der Waals surface area contributed by atoms with E-state index in [0.29, 0.717) is 17.2 Å². The molecule has 4 heteroatoms. The van der Waals surface area contributed by atoms with Crippen molar-refractivity contribution >= 4 is 37.6 Å². The lowest BCUT2D eigenvalue weighted by atomic mass is 10.0. The average molecular weight is 412 g/mol. The highest BCUT2D eigenvalue weighted by atomic mass is 79.9. The molecule has 0 aliphatic carbocycles. The van der Waals surface area contributed by atoms with Gasteiger partial charge in [0, 0.05) is 5.56 Å². The van der Waals surface area contributed by atoms with Crippen LogP contribution < -0.4 is 4.74 Å². The van der Waals surface area contributed by atoms with Gasteiger partial charge in [0.2, 0.25) is 0 Å². The van der Waals surface area contributed by atoms with Crippen LogP contribution in [0.4, 0.5) is 0 Å². The standard InChI is InChI=1S/C17H16Br2O2/c1-11(2)12-6-8-13(9-7-12)16(20)10-21-17-14(18)4-3-5-15(17)19/h3-9,11H,10H2,1-2H3. The summed E-state index contributed by atoms with van der Waals surface area (Å²) in [5, 5.41) is 0. The summed E-state index contributed by atoms with van der Waals surface area (Å²) in [4.78, 5) is 12.2. The Kier molecular flexibility index (Phi) is 5.59. The van der Waals surface area contributed by atoms with Gasteiger partial charge in [0.25, 0.3) is 0 Å². The van der Waals surface area contributed by atoms with Gasteiger partial charge in [-0.05, 0) is 55.5 Å². The molecule has 0 spiro atoms. The van der Waals surface area contributed by atoms with Crippen LogP contribution in [-0.4, -0.2) is 12.4 Å². The van der Waals surface area contributed by atoms with Crippen molar-refractivity contribution in [3.05, 3.63) is 62.5 Å². The molecule has 0 heterocycles. The summed E-state index contributed by atoms with van der Waals surface area (Å²) < 4.78 is 7.26. The highest BCUT2D eigenvalue weighted by Gasteiger charge is 2.11. The van der Waals surface area contributed by atoms with Crippen LogP contribution in [0.25, 0.3) is 0 Å². The number of carbonyl (C=O) groups excluding carboxylic acids is 1. The zero-order chi connectivity index (χ0) is 15.4. The second-order valence-corrected chi connectivity index (χ2v) is 6.75. The predicted octanol–water partition coefficient (Wildman–Crippen LogP) is 5.60. The Labute approximate surface area is 141 Å². The van der Waals surface area contributed by atoms with Crippen molar-refractivity contribution in [1.29, 1.82) is 0 Å². The Hall–Kier alpha value is -1.13. The van der Waals surface area contributed by atoms with E-state index in [1.165, 1.54) is 5.56 Å².